The number of hydrogen-bond donors (Lipinski definition) is 2. The van der Waals surface area contributed by atoms with Crippen molar-refractivity contribution in [3.8, 4) is 28.7 Å². The van der Waals surface area contributed by atoms with Gasteiger partial charge in [-0.15, -0.1) is 0 Å². The van der Waals surface area contributed by atoms with Crippen LogP contribution in [0, 0.1) is 0 Å². The molecule has 2 aliphatic rings. The zero-order valence-corrected chi connectivity index (χ0v) is 21.4. The lowest BCUT2D eigenvalue weighted by Gasteiger charge is -2.15. The Morgan fingerprint density at radius 1 is 1.08 bits per heavy atom. The van der Waals surface area contributed by atoms with Gasteiger partial charge in [0.1, 0.15) is 18.3 Å². The number of aliphatic hydroxyl groups excluding tert-OH is 1. The lowest BCUT2D eigenvalue weighted by molar-refractivity contribution is 0.00706. The minimum atomic E-state index is -2.23. The minimum absolute atomic E-state index is 0.221. The lowest BCUT2D eigenvalue weighted by Crippen LogP contribution is -2.34. The van der Waals surface area contributed by atoms with Crippen LogP contribution in [0.25, 0.3) is 33.8 Å². The molecule has 11 nitrogen and oxygen atoms in total. The quantitative estimate of drug-likeness (QED) is 0.388. The van der Waals surface area contributed by atoms with Gasteiger partial charge in [-0.1, -0.05) is 11.6 Å². The molecule has 0 aliphatic carbocycles. The molecule has 37 heavy (non-hydrogen) atoms. The van der Waals surface area contributed by atoms with Crippen LogP contribution < -0.4 is 4.74 Å². The normalized spacial score (nSPS) is 23.4. The van der Waals surface area contributed by atoms with Crippen LogP contribution >= 0.6 is 11.6 Å². The first-order chi connectivity index (χ1) is 17.7. The molecular weight excluding hydrogens is 520 g/mol. The first kappa shape index (κ1) is 24.2. The average molecular weight is 543 g/mol. The third kappa shape index (κ3) is 4.90. The number of aromatic amines is 1. The third-order valence-electron chi connectivity index (χ3n) is 6.03. The van der Waals surface area contributed by atoms with Crippen molar-refractivity contribution in [3.63, 3.8) is 0 Å². The van der Waals surface area contributed by atoms with Crippen molar-refractivity contribution in [3.05, 3.63) is 47.7 Å². The Morgan fingerprint density at radius 3 is 2.54 bits per heavy atom. The van der Waals surface area contributed by atoms with Crippen LogP contribution in [0.2, 0.25) is 5.02 Å². The monoisotopic (exact) mass is 542 g/mol. The van der Waals surface area contributed by atoms with Crippen LogP contribution in [0.3, 0.4) is 0 Å². The Hall–Kier alpha value is -3.16. The van der Waals surface area contributed by atoms with Crippen molar-refractivity contribution in [1.82, 2.24) is 24.9 Å². The number of nitrogens with zero attached hydrogens (tertiary/aromatic N) is 5. The van der Waals surface area contributed by atoms with E-state index < -0.39 is 28.0 Å². The average Bonchev–Trinajstić information content (AvgIpc) is 3.55. The van der Waals surface area contributed by atoms with Crippen LogP contribution in [0.1, 0.15) is 0 Å². The van der Waals surface area contributed by atoms with Crippen LogP contribution in [-0.4, -0.2) is 84.4 Å². The van der Waals surface area contributed by atoms with Gasteiger partial charge in [0, 0.05) is 45.8 Å². The molecule has 0 saturated carbocycles. The summed E-state index contributed by atoms with van der Waals surface area (Å²) in [5.74, 6) is 0.521. The van der Waals surface area contributed by atoms with Gasteiger partial charge in [-0.2, -0.15) is 9.35 Å². The van der Waals surface area contributed by atoms with E-state index in [0.717, 1.165) is 5.56 Å². The number of aliphatic hydroxyl groups is 1. The van der Waals surface area contributed by atoms with Crippen molar-refractivity contribution < 1.29 is 23.5 Å². The molecule has 0 unspecified atom stereocenters. The molecule has 4 atom stereocenters. The first-order valence-corrected chi connectivity index (χ1v) is 14.2. The topological polar surface area (TPSA) is 145 Å². The largest absolute Gasteiger partial charge is 0.456 e. The SMILES string of the molecule is CS(C)(=O)=Nc1ccc(-c2ncc(-c3nc4nc(O[C@@H]5CO[C@H]6[C@@H]5OC[C@H]6O)[nH]c4cc3Cl)cn2)cc1. The Morgan fingerprint density at radius 2 is 1.81 bits per heavy atom. The van der Waals surface area contributed by atoms with Gasteiger partial charge in [-0.25, -0.2) is 19.2 Å². The van der Waals surface area contributed by atoms with Gasteiger partial charge in [0.2, 0.25) is 0 Å². The van der Waals surface area contributed by atoms with Crippen LogP contribution in [0.4, 0.5) is 5.69 Å². The van der Waals surface area contributed by atoms with Crippen molar-refractivity contribution in [2.75, 3.05) is 25.7 Å². The van der Waals surface area contributed by atoms with Crippen molar-refractivity contribution in [1.29, 1.82) is 0 Å². The predicted molar refractivity (Wildman–Crippen MR) is 137 cm³/mol. The molecule has 3 aromatic heterocycles. The first-order valence-electron chi connectivity index (χ1n) is 11.5. The number of imidazole rings is 1. The highest BCUT2D eigenvalue weighted by Gasteiger charge is 2.48. The summed E-state index contributed by atoms with van der Waals surface area (Å²) in [5, 5.41) is 10.3. The van der Waals surface area contributed by atoms with Crippen LogP contribution in [-0.2, 0) is 19.2 Å². The Balaban J connectivity index is 1.22. The molecule has 192 valence electrons. The van der Waals surface area contributed by atoms with E-state index in [1.807, 2.05) is 12.1 Å². The molecule has 2 fully saturated rings. The van der Waals surface area contributed by atoms with E-state index in [0.29, 0.717) is 45.6 Å². The number of rotatable bonds is 5. The molecule has 6 rings (SSSR count). The molecule has 2 N–H and O–H groups in total. The minimum Gasteiger partial charge on any atom is -0.456 e. The number of pyridine rings is 1. The van der Waals surface area contributed by atoms with Crippen molar-refractivity contribution in [2.24, 2.45) is 4.36 Å². The highest BCUT2D eigenvalue weighted by Crippen LogP contribution is 2.32. The standard InChI is InChI=1S/C24H23ClN6O5S/c1-37(2,33)31-14-5-3-12(4-6-14)22-26-8-13(9-27-22)19-15(25)7-16-23(29-19)30-24(28-16)36-18-11-35-20-17(32)10-34-21(18)20/h3-9,17-18,20-21,32H,10-11H2,1-2H3,(H,28,29,30)/t17-,18-,20-,21-/m1/s1. The summed E-state index contributed by atoms with van der Waals surface area (Å²) in [7, 11) is -2.23. The summed E-state index contributed by atoms with van der Waals surface area (Å²) >= 11 is 6.52. The van der Waals surface area contributed by atoms with Gasteiger partial charge in [-0.3, -0.25) is 0 Å². The number of ether oxygens (including phenoxy) is 3. The second kappa shape index (κ2) is 9.30. The smallest absolute Gasteiger partial charge is 0.296 e. The van der Waals surface area contributed by atoms with E-state index in [1.54, 1.807) is 43.1 Å². The molecule has 13 heteroatoms. The van der Waals surface area contributed by atoms with Crippen LogP contribution in [0.5, 0.6) is 6.01 Å². The van der Waals surface area contributed by atoms with Crippen molar-refractivity contribution in [2.45, 2.75) is 24.4 Å². The molecule has 2 aliphatic heterocycles. The maximum Gasteiger partial charge on any atom is 0.296 e. The maximum absolute atomic E-state index is 11.9. The van der Waals surface area contributed by atoms with E-state index >= 15 is 0 Å². The fraction of sp³-hybridized carbons (Fsp3) is 0.333. The summed E-state index contributed by atoms with van der Waals surface area (Å²) in [5.41, 5.74) is 3.58. The Labute approximate surface area is 217 Å². The maximum atomic E-state index is 11.9. The molecule has 0 radical (unpaired) electrons. The molecule has 0 spiro atoms. The number of H-pyrrole nitrogens is 1. The highest BCUT2D eigenvalue weighted by molar-refractivity contribution is 7.92. The zero-order valence-electron chi connectivity index (χ0n) is 19.9. The lowest BCUT2D eigenvalue weighted by atomic mass is 10.1. The summed E-state index contributed by atoms with van der Waals surface area (Å²) in [6.07, 6.45) is 4.68. The molecular formula is C24H23ClN6O5S. The van der Waals surface area contributed by atoms with Gasteiger partial charge in [0.25, 0.3) is 6.01 Å². The summed E-state index contributed by atoms with van der Waals surface area (Å²) in [4.78, 5) is 21.0. The summed E-state index contributed by atoms with van der Waals surface area (Å²) in [6, 6.07) is 9.20. The predicted octanol–water partition coefficient (Wildman–Crippen LogP) is 3.00. The fourth-order valence-electron chi connectivity index (χ4n) is 4.37. The van der Waals surface area contributed by atoms with Gasteiger partial charge >= 0.3 is 0 Å². The molecule has 0 bridgehead atoms. The number of hydrogen-bond acceptors (Lipinski definition) is 10. The third-order valence-corrected chi connectivity index (χ3v) is 6.96. The number of halogens is 1. The molecule has 2 saturated heterocycles. The summed E-state index contributed by atoms with van der Waals surface area (Å²) < 4.78 is 33.2. The van der Waals surface area contributed by atoms with Crippen molar-refractivity contribution >= 4 is 38.2 Å². The Bertz CT molecular complexity index is 1580. The van der Waals surface area contributed by atoms with Gasteiger partial charge in [0.15, 0.2) is 17.6 Å². The Kier molecular flexibility index (Phi) is 6.08. The van der Waals surface area contributed by atoms with E-state index in [2.05, 4.69) is 29.3 Å². The van der Waals surface area contributed by atoms with E-state index in [4.69, 9.17) is 25.8 Å². The highest BCUT2D eigenvalue weighted by atomic mass is 35.5. The van der Waals surface area contributed by atoms with E-state index in [1.165, 1.54) is 0 Å². The second-order valence-electron chi connectivity index (χ2n) is 9.17. The van der Waals surface area contributed by atoms with Gasteiger partial charge < -0.3 is 24.3 Å². The van der Waals surface area contributed by atoms with Gasteiger partial charge in [-0.05, 0) is 30.3 Å². The fourth-order valence-corrected chi connectivity index (χ4v) is 5.26. The van der Waals surface area contributed by atoms with E-state index in [-0.39, 0.29) is 18.7 Å². The number of fused-ring (bicyclic) bond motifs is 2. The molecule has 4 aromatic rings. The number of benzene rings is 1. The van der Waals surface area contributed by atoms with Crippen LogP contribution in [0.15, 0.2) is 47.1 Å². The molecule has 0 amide bonds. The molecule has 1 aromatic carbocycles. The number of aromatic nitrogens is 5. The zero-order chi connectivity index (χ0) is 25.7. The summed E-state index contributed by atoms with van der Waals surface area (Å²) in [6.45, 7) is 0.514. The molecule has 5 heterocycles. The number of nitrogens with one attached hydrogen (secondary N) is 1. The van der Waals surface area contributed by atoms with E-state index in [9.17, 15) is 9.32 Å². The second-order valence-corrected chi connectivity index (χ2v) is 12.1. The van der Waals surface area contributed by atoms with Gasteiger partial charge in [0.05, 0.1) is 35.1 Å².